The third-order valence-corrected chi connectivity index (χ3v) is 5.65. The standard InChI is InChI=1S/C26H28O/c1-2-6-20-9-11-22(12-10-20)23-13-14-25-18-26(16-15-24(25)17-23)27-19-21-7-4-3-5-8-21/h3-5,7-8,11,13-18,20H,2,6,9-10,12,19H2,1H3. The fraction of sp³-hybridized carbons (Fsp3) is 0.308. The number of fused-ring (bicyclic) bond motifs is 1. The van der Waals surface area contributed by atoms with Gasteiger partial charge in [-0.3, -0.25) is 0 Å². The Balaban J connectivity index is 1.47. The second-order valence-electron chi connectivity index (χ2n) is 7.66. The van der Waals surface area contributed by atoms with Crippen LogP contribution in [0, 0.1) is 5.92 Å². The first-order chi connectivity index (χ1) is 13.3. The van der Waals surface area contributed by atoms with Crippen molar-refractivity contribution in [1.29, 1.82) is 0 Å². The van der Waals surface area contributed by atoms with Crippen molar-refractivity contribution < 1.29 is 4.74 Å². The van der Waals surface area contributed by atoms with Crippen molar-refractivity contribution in [3.8, 4) is 5.75 Å². The van der Waals surface area contributed by atoms with E-state index in [-0.39, 0.29) is 0 Å². The minimum Gasteiger partial charge on any atom is -0.489 e. The van der Waals surface area contributed by atoms with Gasteiger partial charge in [0.1, 0.15) is 12.4 Å². The van der Waals surface area contributed by atoms with E-state index in [1.807, 2.05) is 18.2 Å². The van der Waals surface area contributed by atoms with Crippen LogP contribution in [0.3, 0.4) is 0 Å². The highest BCUT2D eigenvalue weighted by Crippen LogP contribution is 2.34. The topological polar surface area (TPSA) is 9.23 Å². The maximum absolute atomic E-state index is 5.97. The summed E-state index contributed by atoms with van der Waals surface area (Å²) < 4.78 is 5.97. The molecule has 4 rings (SSSR count). The molecule has 1 aliphatic carbocycles. The highest BCUT2D eigenvalue weighted by molar-refractivity contribution is 5.87. The predicted octanol–water partition coefficient (Wildman–Crippen LogP) is 7.40. The highest BCUT2D eigenvalue weighted by atomic mass is 16.5. The molecule has 3 aromatic rings. The molecule has 0 bridgehead atoms. The van der Waals surface area contributed by atoms with Crippen LogP contribution in [0.25, 0.3) is 16.3 Å². The molecule has 0 saturated heterocycles. The molecule has 138 valence electrons. The number of ether oxygens (including phenoxy) is 1. The number of benzene rings is 3. The molecule has 0 radical (unpaired) electrons. The molecule has 1 nitrogen and oxygen atoms in total. The average Bonchev–Trinajstić information content (AvgIpc) is 2.73. The lowest BCUT2D eigenvalue weighted by atomic mass is 9.84. The van der Waals surface area contributed by atoms with Crippen LogP contribution in [0.1, 0.15) is 50.2 Å². The fourth-order valence-corrected chi connectivity index (χ4v) is 4.08. The van der Waals surface area contributed by atoms with Gasteiger partial charge in [0.2, 0.25) is 0 Å². The monoisotopic (exact) mass is 356 g/mol. The molecule has 0 fully saturated rings. The minimum absolute atomic E-state index is 0.607. The summed E-state index contributed by atoms with van der Waals surface area (Å²) in [4.78, 5) is 0. The molecule has 0 aliphatic heterocycles. The maximum atomic E-state index is 5.97. The van der Waals surface area contributed by atoms with Gasteiger partial charge >= 0.3 is 0 Å². The van der Waals surface area contributed by atoms with Gasteiger partial charge in [0, 0.05) is 0 Å². The van der Waals surface area contributed by atoms with Crippen LogP contribution in [0.2, 0.25) is 0 Å². The second-order valence-corrected chi connectivity index (χ2v) is 7.66. The van der Waals surface area contributed by atoms with Crippen LogP contribution >= 0.6 is 0 Å². The van der Waals surface area contributed by atoms with E-state index >= 15 is 0 Å². The normalized spacial score (nSPS) is 16.9. The number of allylic oxidation sites excluding steroid dienone is 2. The van der Waals surface area contributed by atoms with E-state index < -0.39 is 0 Å². The minimum atomic E-state index is 0.607. The molecule has 27 heavy (non-hydrogen) atoms. The van der Waals surface area contributed by atoms with Gasteiger partial charge in [-0.15, -0.1) is 0 Å². The van der Waals surface area contributed by atoms with Crippen LogP contribution < -0.4 is 4.74 Å². The molecule has 0 aromatic heterocycles. The van der Waals surface area contributed by atoms with Gasteiger partial charge in [0.25, 0.3) is 0 Å². The van der Waals surface area contributed by atoms with E-state index in [1.165, 1.54) is 59.6 Å². The van der Waals surface area contributed by atoms with Gasteiger partial charge in [0.05, 0.1) is 0 Å². The van der Waals surface area contributed by atoms with Crippen molar-refractivity contribution in [1.82, 2.24) is 0 Å². The first kappa shape index (κ1) is 17.9. The van der Waals surface area contributed by atoms with Gasteiger partial charge in [0.15, 0.2) is 0 Å². The summed E-state index contributed by atoms with van der Waals surface area (Å²) in [7, 11) is 0. The molecule has 1 unspecified atom stereocenters. The van der Waals surface area contributed by atoms with Crippen molar-refractivity contribution in [2.24, 2.45) is 5.92 Å². The molecule has 0 saturated carbocycles. The molecule has 0 spiro atoms. The SMILES string of the molecule is CCCC1CC=C(c2ccc3cc(OCc4ccccc4)ccc3c2)CC1. The Morgan fingerprint density at radius 1 is 0.926 bits per heavy atom. The number of hydrogen-bond acceptors (Lipinski definition) is 1. The molecule has 0 heterocycles. The van der Waals surface area contributed by atoms with Crippen molar-refractivity contribution >= 4 is 16.3 Å². The van der Waals surface area contributed by atoms with Crippen molar-refractivity contribution in [2.45, 2.75) is 45.6 Å². The third kappa shape index (κ3) is 4.42. The van der Waals surface area contributed by atoms with Crippen LogP contribution in [0.15, 0.2) is 72.8 Å². The lowest BCUT2D eigenvalue weighted by molar-refractivity contribution is 0.306. The number of rotatable bonds is 6. The van der Waals surface area contributed by atoms with Crippen LogP contribution in [0.5, 0.6) is 5.75 Å². The smallest absolute Gasteiger partial charge is 0.120 e. The lowest BCUT2D eigenvalue weighted by Crippen LogP contribution is -2.05. The van der Waals surface area contributed by atoms with Gasteiger partial charge in [-0.1, -0.05) is 74.4 Å². The van der Waals surface area contributed by atoms with E-state index in [9.17, 15) is 0 Å². The first-order valence-electron chi connectivity index (χ1n) is 10.2. The fourth-order valence-electron chi connectivity index (χ4n) is 4.08. The molecule has 3 aromatic carbocycles. The summed E-state index contributed by atoms with van der Waals surface area (Å²) in [6, 6.07) is 23.6. The van der Waals surface area contributed by atoms with Crippen molar-refractivity contribution in [2.75, 3.05) is 0 Å². The quantitative estimate of drug-likeness (QED) is 0.447. The van der Waals surface area contributed by atoms with Gasteiger partial charge in [-0.25, -0.2) is 0 Å². The van der Waals surface area contributed by atoms with E-state index in [1.54, 1.807) is 0 Å². The average molecular weight is 357 g/mol. The Kier molecular flexibility index (Phi) is 5.58. The van der Waals surface area contributed by atoms with Crippen molar-refractivity contribution in [3.63, 3.8) is 0 Å². The highest BCUT2D eigenvalue weighted by Gasteiger charge is 2.14. The largest absolute Gasteiger partial charge is 0.489 e. The Bertz CT molecular complexity index is 923. The Hall–Kier alpha value is -2.54. The first-order valence-corrected chi connectivity index (χ1v) is 10.2. The summed E-state index contributed by atoms with van der Waals surface area (Å²) in [5.74, 6) is 1.82. The lowest BCUT2D eigenvalue weighted by Gasteiger charge is -2.21. The molecule has 1 aliphatic rings. The maximum Gasteiger partial charge on any atom is 0.120 e. The van der Waals surface area contributed by atoms with Crippen LogP contribution in [-0.4, -0.2) is 0 Å². The summed E-state index contributed by atoms with van der Waals surface area (Å²) >= 11 is 0. The zero-order chi connectivity index (χ0) is 18.5. The molecule has 0 amide bonds. The summed E-state index contributed by atoms with van der Waals surface area (Å²) in [6.07, 6.45) is 8.94. The van der Waals surface area contributed by atoms with Gasteiger partial charge in [-0.05, 0) is 70.9 Å². The van der Waals surface area contributed by atoms with E-state index in [4.69, 9.17) is 4.74 Å². The van der Waals surface area contributed by atoms with Crippen LogP contribution in [-0.2, 0) is 6.61 Å². The zero-order valence-electron chi connectivity index (χ0n) is 16.2. The molecule has 1 atom stereocenters. The second kappa shape index (κ2) is 8.43. The summed E-state index contributed by atoms with van der Waals surface area (Å²) in [5, 5.41) is 2.53. The summed E-state index contributed by atoms with van der Waals surface area (Å²) in [5.41, 5.74) is 4.10. The molecular weight excluding hydrogens is 328 g/mol. The Labute approximate surface area is 162 Å². The van der Waals surface area contributed by atoms with Crippen molar-refractivity contribution in [3.05, 3.63) is 83.9 Å². The Morgan fingerprint density at radius 2 is 1.74 bits per heavy atom. The summed E-state index contributed by atoms with van der Waals surface area (Å²) in [6.45, 7) is 2.90. The van der Waals surface area contributed by atoms with E-state index in [0.29, 0.717) is 6.61 Å². The predicted molar refractivity (Wildman–Crippen MR) is 115 cm³/mol. The zero-order valence-corrected chi connectivity index (χ0v) is 16.2. The van der Waals surface area contributed by atoms with Crippen LogP contribution in [0.4, 0.5) is 0 Å². The van der Waals surface area contributed by atoms with E-state index in [0.717, 1.165) is 11.7 Å². The van der Waals surface area contributed by atoms with Gasteiger partial charge < -0.3 is 4.74 Å². The number of hydrogen-bond donors (Lipinski definition) is 0. The molecular formula is C26H28O. The van der Waals surface area contributed by atoms with Gasteiger partial charge in [-0.2, -0.15) is 0 Å². The Morgan fingerprint density at radius 3 is 2.52 bits per heavy atom. The third-order valence-electron chi connectivity index (χ3n) is 5.65. The van der Waals surface area contributed by atoms with E-state index in [2.05, 4.69) is 61.5 Å². The molecule has 1 heteroatoms. The molecule has 0 N–H and O–H groups in total.